The van der Waals surface area contributed by atoms with Gasteiger partial charge in [0.15, 0.2) is 0 Å². The Balaban J connectivity index is 0.818. The lowest BCUT2D eigenvalue weighted by molar-refractivity contribution is 1.30. The number of rotatable bonds is 12. The summed E-state index contributed by atoms with van der Waals surface area (Å²) >= 11 is 0. The van der Waals surface area contributed by atoms with Crippen LogP contribution in [0, 0.1) is 0 Å². The van der Waals surface area contributed by atoms with Crippen LogP contribution in [0.4, 0.5) is 34.1 Å². The average molecular weight is 969 g/mol. The largest absolute Gasteiger partial charge is 0.310 e. The van der Waals surface area contributed by atoms with Crippen molar-refractivity contribution in [3.63, 3.8) is 0 Å². The van der Waals surface area contributed by atoms with Crippen molar-refractivity contribution in [2.75, 3.05) is 9.80 Å². The van der Waals surface area contributed by atoms with Crippen LogP contribution in [-0.2, 0) is 0 Å². The molecule has 13 aromatic rings. The van der Waals surface area contributed by atoms with Crippen molar-refractivity contribution in [2.24, 2.45) is 0 Å². The first-order chi connectivity index (χ1) is 37.7. The Kier molecular flexibility index (Phi) is 12.3. The van der Waals surface area contributed by atoms with Gasteiger partial charge in [-0.25, -0.2) is 0 Å². The van der Waals surface area contributed by atoms with E-state index in [0.717, 1.165) is 45.3 Å². The minimum atomic E-state index is 1.09. The van der Waals surface area contributed by atoms with Crippen LogP contribution in [0.5, 0.6) is 0 Å². The molecular weight excluding hydrogens is 917 g/mol. The zero-order valence-electron chi connectivity index (χ0n) is 41.9. The molecule has 0 fully saturated rings. The van der Waals surface area contributed by atoms with Gasteiger partial charge < -0.3 is 9.80 Å². The Morgan fingerprint density at radius 3 is 0.632 bits per heavy atom. The number of hydrogen-bond acceptors (Lipinski definition) is 2. The van der Waals surface area contributed by atoms with Gasteiger partial charge in [0, 0.05) is 33.5 Å². The second-order valence-electron chi connectivity index (χ2n) is 19.3. The van der Waals surface area contributed by atoms with Crippen molar-refractivity contribution in [3.8, 4) is 66.8 Å². The summed E-state index contributed by atoms with van der Waals surface area (Å²) in [6.45, 7) is 0. The molecule has 0 spiro atoms. The summed E-state index contributed by atoms with van der Waals surface area (Å²) < 4.78 is 0. The Hall–Kier alpha value is -10.0. The number of anilines is 6. The molecule has 0 aliphatic rings. The Bertz CT molecular complexity index is 3810. The lowest BCUT2D eigenvalue weighted by Gasteiger charge is -2.28. The lowest BCUT2D eigenvalue weighted by Crippen LogP contribution is -2.10. The van der Waals surface area contributed by atoms with E-state index in [2.05, 4.69) is 325 Å². The molecular formula is C74H52N2. The fraction of sp³-hybridized carbons (Fsp3) is 0. The van der Waals surface area contributed by atoms with Crippen molar-refractivity contribution in [3.05, 3.63) is 315 Å². The molecule has 0 aliphatic carbocycles. The molecule has 0 saturated heterocycles. The van der Waals surface area contributed by atoms with E-state index in [9.17, 15) is 0 Å². The Morgan fingerprint density at radius 2 is 0.355 bits per heavy atom. The molecule has 0 aromatic heterocycles. The summed E-state index contributed by atoms with van der Waals surface area (Å²) in [6.07, 6.45) is 0. The third-order valence-corrected chi connectivity index (χ3v) is 14.7. The molecule has 0 aliphatic heterocycles. The summed E-state index contributed by atoms with van der Waals surface area (Å²) in [4.78, 5) is 4.79. The molecule has 0 N–H and O–H groups in total. The SMILES string of the molecule is c1ccc(-c2ccc(N(c3ccc(-c4ccc(-c5ccc(N(c6ccc(-c7ccccc7)cc6)c6ccc(-c7ccccc7)c7ccccc67)cc5)cc4)cc3)c3ccc(-c4ccccc4)c4ccccc34)cc2)cc1. The maximum absolute atomic E-state index is 2.39. The Labute approximate surface area is 445 Å². The van der Waals surface area contributed by atoms with Crippen molar-refractivity contribution < 1.29 is 0 Å². The van der Waals surface area contributed by atoms with Crippen molar-refractivity contribution >= 4 is 55.7 Å². The molecule has 0 saturated carbocycles. The summed E-state index contributed by atoms with van der Waals surface area (Å²) in [5, 5.41) is 4.83. The average Bonchev–Trinajstić information content (AvgIpc) is 3.57. The molecule has 76 heavy (non-hydrogen) atoms. The summed E-state index contributed by atoms with van der Waals surface area (Å²) in [7, 11) is 0. The van der Waals surface area contributed by atoms with Crippen LogP contribution < -0.4 is 9.80 Å². The van der Waals surface area contributed by atoms with Crippen LogP contribution in [0.3, 0.4) is 0 Å². The highest BCUT2D eigenvalue weighted by Gasteiger charge is 2.20. The first-order valence-corrected chi connectivity index (χ1v) is 26.1. The number of nitrogens with zero attached hydrogens (tertiary/aromatic N) is 2. The fourth-order valence-electron chi connectivity index (χ4n) is 10.9. The van der Waals surface area contributed by atoms with E-state index in [4.69, 9.17) is 0 Å². The summed E-state index contributed by atoms with van der Waals surface area (Å²) in [6, 6.07) is 114. The topological polar surface area (TPSA) is 6.48 Å². The number of benzene rings is 13. The van der Waals surface area contributed by atoms with E-state index in [-0.39, 0.29) is 0 Å². The highest BCUT2D eigenvalue weighted by Crippen LogP contribution is 2.45. The monoisotopic (exact) mass is 968 g/mol. The highest BCUT2D eigenvalue weighted by molar-refractivity contribution is 6.08. The number of fused-ring (bicyclic) bond motifs is 2. The zero-order valence-corrected chi connectivity index (χ0v) is 41.9. The number of hydrogen-bond donors (Lipinski definition) is 0. The first-order valence-electron chi connectivity index (χ1n) is 26.1. The predicted octanol–water partition coefficient (Wildman–Crippen LogP) is 20.9. The van der Waals surface area contributed by atoms with Gasteiger partial charge >= 0.3 is 0 Å². The van der Waals surface area contributed by atoms with Crippen LogP contribution in [0.2, 0.25) is 0 Å². The molecule has 13 aromatic carbocycles. The molecule has 0 heterocycles. The van der Waals surface area contributed by atoms with Gasteiger partial charge in [-0.1, -0.05) is 255 Å². The van der Waals surface area contributed by atoms with Gasteiger partial charge in [0.25, 0.3) is 0 Å². The van der Waals surface area contributed by atoms with Crippen molar-refractivity contribution in [1.82, 2.24) is 0 Å². The smallest absolute Gasteiger partial charge is 0.0540 e. The molecule has 0 radical (unpaired) electrons. The maximum atomic E-state index is 2.39. The quantitative estimate of drug-likeness (QED) is 0.120. The third kappa shape index (κ3) is 8.99. The minimum absolute atomic E-state index is 1.09. The van der Waals surface area contributed by atoms with E-state index in [1.54, 1.807) is 0 Å². The van der Waals surface area contributed by atoms with E-state index in [0.29, 0.717) is 0 Å². The minimum Gasteiger partial charge on any atom is -0.310 e. The van der Waals surface area contributed by atoms with Gasteiger partial charge in [-0.05, 0) is 138 Å². The standard InChI is InChI=1S/C74H52N2/c1-5-17-53(18-6-1)57-33-41-63(42-34-57)75(73-51-49-67(61-21-9-3-10-22-61)69-25-13-15-27-71(69)73)65-45-37-59(38-46-65)55-29-31-56(32-30-55)60-39-47-66(48-40-60)76(64-43-35-58(36-44-64)54-19-7-2-8-20-54)74-52-50-68(62-23-11-4-12-24-62)70-26-14-16-28-72(70)74/h1-52H. The van der Waals surface area contributed by atoms with Gasteiger partial charge in [0.2, 0.25) is 0 Å². The summed E-state index contributed by atoms with van der Waals surface area (Å²) in [5.74, 6) is 0. The van der Waals surface area contributed by atoms with Crippen molar-refractivity contribution in [1.29, 1.82) is 0 Å². The van der Waals surface area contributed by atoms with Crippen molar-refractivity contribution in [2.45, 2.75) is 0 Å². The van der Waals surface area contributed by atoms with Crippen LogP contribution in [0.25, 0.3) is 88.3 Å². The van der Waals surface area contributed by atoms with Gasteiger partial charge in [0.05, 0.1) is 11.4 Å². The summed E-state index contributed by atoms with van der Waals surface area (Å²) in [5.41, 5.74) is 20.9. The van der Waals surface area contributed by atoms with E-state index >= 15 is 0 Å². The lowest BCUT2D eigenvalue weighted by atomic mass is 9.96. The van der Waals surface area contributed by atoms with Gasteiger partial charge in [0.1, 0.15) is 0 Å². The molecule has 13 rings (SSSR count). The van der Waals surface area contributed by atoms with E-state index < -0.39 is 0 Å². The molecule has 0 bridgehead atoms. The van der Waals surface area contributed by atoms with Crippen LogP contribution in [-0.4, -0.2) is 0 Å². The molecule has 0 unspecified atom stereocenters. The molecule has 0 amide bonds. The van der Waals surface area contributed by atoms with Gasteiger partial charge in [-0.3, -0.25) is 0 Å². The van der Waals surface area contributed by atoms with Gasteiger partial charge in [-0.15, -0.1) is 0 Å². The fourth-order valence-corrected chi connectivity index (χ4v) is 10.9. The van der Waals surface area contributed by atoms with Gasteiger partial charge in [-0.2, -0.15) is 0 Å². The molecule has 358 valence electrons. The van der Waals surface area contributed by atoms with Crippen LogP contribution in [0.15, 0.2) is 315 Å². The Morgan fingerprint density at radius 1 is 0.145 bits per heavy atom. The second kappa shape index (κ2) is 20.5. The van der Waals surface area contributed by atoms with E-state index in [1.807, 2.05) is 0 Å². The highest BCUT2D eigenvalue weighted by atomic mass is 15.1. The molecule has 2 nitrogen and oxygen atoms in total. The molecule has 0 atom stereocenters. The second-order valence-corrected chi connectivity index (χ2v) is 19.3. The van der Waals surface area contributed by atoms with Crippen LogP contribution >= 0.6 is 0 Å². The predicted molar refractivity (Wildman–Crippen MR) is 323 cm³/mol. The molecule has 2 heteroatoms. The first kappa shape index (κ1) is 45.8. The van der Waals surface area contributed by atoms with Crippen LogP contribution in [0.1, 0.15) is 0 Å². The van der Waals surface area contributed by atoms with E-state index in [1.165, 1.54) is 77.2 Å². The maximum Gasteiger partial charge on any atom is 0.0540 e. The zero-order chi connectivity index (χ0) is 50.6. The normalized spacial score (nSPS) is 11.2. The third-order valence-electron chi connectivity index (χ3n) is 14.7.